The second-order valence-corrected chi connectivity index (χ2v) is 5.92. The third kappa shape index (κ3) is 3.37. The molecule has 0 amide bonds. The third-order valence-electron chi connectivity index (χ3n) is 4.24. The monoisotopic (exact) mass is 372 g/mol. The Morgan fingerprint density at radius 3 is 2.41 bits per heavy atom. The molecule has 1 heterocycles. The van der Waals surface area contributed by atoms with Gasteiger partial charge >= 0.3 is 11.9 Å². The van der Waals surface area contributed by atoms with Crippen molar-refractivity contribution in [3.63, 3.8) is 0 Å². The smallest absolute Gasteiger partial charge is 0.346 e. The molecule has 2 aromatic carbocycles. The molecule has 0 aliphatic carbocycles. The van der Waals surface area contributed by atoms with E-state index in [1.54, 1.807) is 0 Å². The van der Waals surface area contributed by atoms with Gasteiger partial charge in [-0.2, -0.15) is 0 Å². The summed E-state index contributed by atoms with van der Waals surface area (Å²) in [7, 11) is 1.37. The molecule has 0 spiro atoms. The lowest BCUT2D eigenvalue weighted by molar-refractivity contribution is -0.156. The van der Waals surface area contributed by atoms with Crippen LogP contribution in [-0.4, -0.2) is 45.6 Å². The van der Waals surface area contributed by atoms with Crippen molar-refractivity contribution in [3.8, 4) is 23.0 Å². The molecule has 0 radical (unpaired) electrons. The van der Waals surface area contributed by atoms with Crippen molar-refractivity contribution in [2.75, 3.05) is 7.11 Å². The van der Waals surface area contributed by atoms with Crippen LogP contribution in [0.4, 0.5) is 0 Å². The zero-order valence-corrected chi connectivity index (χ0v) is 14.1. The minimum Gasteiger partial charge on any atom is -0.504 e. The van der Waals surface area contributed by atoms with Crippen molar-refractivity contribution < 1.29 is 39.5 Å². The van der Waals surface area contributed by atoms with Crippen LogP contribution in [0.3, 0.4) is 0 Å². The van der Waals surface area contributed by atoms with Crippen LogP contribution in [0.25, 0.3) is 6.08 Å². The molecule has 27 heavy (non-hydrogen) atoms. The van der Waals surface area contributed by atoms with E-state index in [9.17, 15) is 30.0 Å². The summed E-state index contributed by atoms with van der Waals surface area (Å²) < 4.78 is 10.0. The molecular formula is C19H16O8. The maximum absolute atomic E-state index is 12.3. The molecule has 8 nitrogen and oxygen atoms in total. The molecular weight excluding hydrogens is 356 g/mol. The van der Waals surface area contributed by atoms with Crippen molar-refractivity contribution in [3.05, 3.63) is 53.1 Å². The van der Waals surface area contributed by atoms with E-state index in [0.717, 1.165) is 0 Å². The third-order valence-corrected chi connectivity index (χ3v) is 4.24. The van der Waals surface area contributed by atoms with Crippen LogP contribution >= 0.6 is 0 Å². The van der Waals surface area contributed by atoms with E-state index in [1.165, 1.54) is 49.6 Å². The summed E-state index contributed by atoms with van der Waals surface area (Å²) in [6.45, 7) is 0. The van der Waals surface area contributed by atoms with Gasteiger partial charge in [0.2, 0.25) is 6.10 Å². The van der Waals surface area contributed by atoms with E-state index < -0.39 is 29.7 Å². The molecule has 0 saturated carbocycles. The van der Waals surface area contributed by atoms with Gasteiger partial charge in [-0.05, 0) is 41.5 Å². The highest BCUT2D eigenvalue weighted by Gasteiger charge is 2.45. The van der Waals surface area contributed by atoms with E-state index in [4.69, 9.17) is 9.47 Å². The van der Waals surface area contributed by atoms with Crippen molar-refractivity contribution in [2.45, 2.75) is 12.0 Å². The highest BCUT2D eigenvalue weighted by Crippen LogP contribution is 2.41. The van der Waals surface area contributed by atoms with Crippen LogP contribution in [0.5, 0.6) is 23.0 Å². The molecule has 4 N–H and O–H groups in total. The predicted octanol–water partition coefficient (Wildman–Crippen LogP) is 1.99. The van der Waals surface area contributed by atoms with Gasteiger partial charge < -0.3 is 29.9 Å². The van der Waals surface area contributed by atoms with Gasteiger partial charge in [-0.25, -0.2) is 9.59 Å². The largest absolute Gasteiger partial charge is 0.504 e. The van der Waals surface area contributed by atoms with Crippen LogP contribution in [-0.2, 0) is 14.3 Å². The average molecular weight is 372 g/mol. The second kappa shape index (κ2) is 6.91. The maximum Gasteiger partial charge on any atom is 0.346 e. The fourth-order valence-electron chi connectivity index (χ4n) is 2.93. The summed E-state index contributed by atoms with van der Waals surface area (Å²) in [5, 5.41) is 38.3. The first-order chi connectivity index (χ1) is 12.8. The minimum atomic E-state index is -1.48. The number of esters is 1. The summed E-state index contributed by atoms with van der Waals surface area (Å²) >= 11 is 0. The molecule has 3 rings (SSSR count). The van der Waals surface area contributed by atoms with Gasteiger partial charge in [0, 0.05) is 5.57 Å². The number of cyclic esters (lactones) is 1. The number of benzene rings is 2. The fraction of sp³-hybridized carbons (Fsp3) is 0.158. The Hall–Kier alpha value is -3.68. The van der Waals surface area contributed by atoms with Gasteiger partial charge in [0.25, 0.3) is 0 Å². The predicted molar refractivity (Wildman–Crippen MR) is 92.7 cm³/mol. The highest BCUT2D eigenvalue weighted by atomic mass is 16.6. The Balaban J connectivity index is 2.11. The Kier molecular flexibility index (Phi) is 4.64. The van der Waals surface area contributed by atoms with Crippen molar-refractivity contribution in [1.82, 2.24) is 0 Å². The molecule has 0 aromatic heterocycles. The van der Waals surface area contributed by atoms with Gasteiger partial charge in [0.1, 0.15) is 0 Å². The van der Waals surface area contributed by atoms with E-state index in [-0.39, 0.29) is 22.8 Å². The Bertz CT molecular complexity index is 947. The van der Waals surface area contributed by atoms with Gasteiger partial charge in [-0.3, -0.25) is 0 Å². The zero-order chi connectivity index (χ0) is 19.7. The summed E-state index contributed by atoms with van der Waals surface area (Å²) in [6.07, 6.45) is -0.0476. The topological polar surface area (TPSA) is 134 Å². The molecule has 1 saturated heterocycles. The van der Waals surface area contributed by atoms with Crippen LogP contribution in [0.15, 0.2) is 42.0 Å². The lowest BCUT2D eigenvalue weighted by atomic mass is 9.87. The molecule has 1 aliphatic rings. The summed E-state index contributed by atoms with van der Waals surface area (Å²) in [6, 6.07) is 8.17. The maximum atomic E-state index is 12.3. The van der Waals surface area contributed by atoms with E-state index >= 15 is 0 Å². The second-order valence-electron chi connectivity index (χ2n) is 5.92. The van der Waals surface area contributed by atoms with Crippen LogP contribution in [0.2, 0.25) is 0 Å². The number of carboxylic acids is 1. The molecule has 140 valence electrons. The number of hydrogen-bond donors (Lipinski definition) is 4. The number of carboxylic acid groups (broad SMARTS) is 1. The molecule has 1 aliphatic heterocycles. The number of methoxy groups -OCH3 is 1. The number of phenols is 3. The van der Waals surface area contributed by atoms with Gasteiger partial charge in [-0.1, -0.05) is 12.1 Å². The minimum absolute atomic E-state index is 0.0558. The van der Waals surface area contributed by atoms with Crippen LogP contribution in [0.1, 0.15) is 17.0 Å². The molecule has 1 fully saturated rings. The Morgan fingerprint density at radius 1 is 1.07 bits per heavy atom. The van der Waals surface area contributed by atoms with Crippen LogP contribution < -0.4 is 4.74 Å². The van der Waals surface area contributed by atoms with Crippen molar-refractivity contribution >= 4 is 18.0 Å². The van der Waals surface area contributed by atoms with Gasteiger partial charge in [-0.15, -0.1) is 0 Å². The summed E-state index contributed by atoms with van der Waals surface area (Å²) in [5.74, 6) is -3.87. The Labute approximate surface area is 153 Å². The molecule has 2 aromatic rings. The van der Waals surface area contributed by atoms with Crippen molar-refractivity contribution in [1.29, 1.82) is 0 Å². The highest BCUT2D eigenvalue weighted by molar-refractivity contribution is 6.01. The van der Waals surface area contributed by atoms with Crippen molar-refractivity contribution in [2.24, 2.45) is 0 Å². The van der Waals surface area contributed by atoms with Gasteiger partial charge in [0.05, 0.1) is 13.0 Å². The first-order valence-corrected chi connectivity index (χ1v) is 7.86. The van der Waals surface area contributed by atoms with E-state index in [2.05, 4.69) is 0 Å². The fourth-order valence-corrected chi connectivity index (χ4v) is 2.93. The quantitative estimate of drug-likeness (QED) is 0.364. The number of aromatic hydroxyl groups is 3. The molecule has 2 atom stereocenters. The molecule has 2 unspecified atom stereocenters. The lowest BCUT2D eigenvalue weighted by Crippen LogP contribution is -2.25. The zero-order valence-electron chi connectivity index (χ0n) is 14.1. The average Bonchev–Trinajstić information content (AvgIpc) is 2.96. The van der Waals surface area contributed by atoms with E-state index in [0.29, 0.717) is 11.1 Å². The summed E-state index contributed by atoms with van der Waals surface area (Å²) in [5.41, 5.74) is 0.830. The number of rotatable bonds is 4. The lowest BCUT2D eigenvalue weighted by Gasteiger charge is -2.15. The SMILES string of the molecule is COc1cc(C=C2C(=O)OC(C(=O)O)C2c2ccc(O)c(O)c2)ccc1O. The first-order valence-electron chi connectivity index (χ1n) is 7.86. The molecule has 0 bridgehead atoms. The van der Waals surface area contributed by atoms with Gasteiger partial charge in [0.15, 0.2) is 23.0 Å². The number of carbonyl (C=O) groups is 2. The Morgan fingerprint density at radius 2 is 1.78 bits per heavy atom. The standard InChI is InChI=1S/C19H16O8/c1-26-15-7-9(2-4-13(15)21)6-11-16(17(18(23)24)27-19(11)25)10-3-5-12(20)14(22)8-10/h2-8,16-17,20-22H,1H3,(H,23,24). The number of carbonyl (C=O) groups excluding carboxylic acids is 1. The number of aliphatic carboxylic acids is 1. The normalized spacial score (nSPS) is 20.5. The first kappa shape index (κ1) is 18.1. The van der Waals surface area contributed by atoms with Crippen LogP contribution in [0, 0.1) is 0 Å². The summed E-state index contributed by atoms with van der Waals surface area (Å²) in [4.78, 5) is 23.9. The number of phenolic OH excluding ortho intramolecular Hbond substituents is 3. The number of hydrogen-bond acceptors (Lipinski definition) is 7. The number of ether oxygens (including phenoxy) is 2. The molecule has 8 heteroatoms. The van der Waals surface area contributed by atoms with E-state index in [1.807, 2.05) is 0 Å².